The Bertz CT molecular complexity index is 545. The van der Waals surface area contributed by atoms with E-state index in [4.69, 9.17) is 28.0 Å². The second kappa shape index (κ2) is 6.39. The number of carbonyl (C=O) groups excluding carboxylic acids is 1. The molecule has 0 unspecified atom stereocenters. The van der Waals surface area contributed by atoms with Crippen molar-refractivity contribution in [3.8, 4) is 0 Å². The summed E-state index contributed by atoms with van der Waals surface area (Å²) in [5.41, 5.74) is 1.89. The standard InChI is InChI=1S/C12H12Cl2N2O4/c13-10-6-7(16(18)19)5-9(11(10)14)12(17)15-20-8-3-1-2-4-8/h5-6,8H,1-4H2,(H,15,17). The van der Waals surface area contributed by atoms with E-state index in [1.54, 1.807) is 0 Å². The van der Waals surface area contributed by atoms with Gasteiger partial charge in [0.1, 0.15) is 0 Å². The molecule has 1 saturated carbocycles. The van der Waals surface area contributed by atoms with Gasteiger partial charge in [0, 0.05) is 12.1 Å². The van der Waals surface area contributed by atoms with E-state index in [-0.39, 0.29) is 27.4 Å². The summed E-state index contributed by atoms with van der Waals surface area (Å²) < 4.78 is 0. The molecule has 0 spiro atoms. The molecule has 108 valence electrons. The molecule has 0 heterocycles. The van der Waals surface area contributed by atoms with Crippen LogP contribution in [0.4, 0.5) is 5.69 Å². The van der Waals surface area contributed by atoms with Gasteiger partial charge in [0.25, 0.3) is 11.6 Å². The number of nitrogens with one attached hydrogen (secondary N) is 1. The maximum absolute atomic E-state index is 11.9. The predicted octanol–water partition coefficient (Wildman–Crippen LogP) is 3.51. The second-order valence-corrected chi connectivity index (χ2v) is 5.29. The van der Waals surface area contributed by atoms with Crippen LogP contribution in [0.3, 0.4) is 0 Å². The Hall–Kier alpha value is -1.37. The third-order valence-corrected chi connectivity index (χ3v) is 3.89. The lowest BCUT2D eigenvalue weighted by molar-refractivity contribution is -0.384. The second-order valence-electron chi connectivity index (χ2n) is 4.50. The molecule has 1 N–H and O–H groups in total. The number of amides is 1. The average Bonchev–Trinajstić information content (AvgIpc) is 2.92. The third kappa shape index (κ3) is 3.39. The highest BCUT2D eigenvalue weighted by atomic mass is 35.5. The Labute approximate surface area is 125 Å². The van der Waals surface area contributed by atoms with Crippen molar-refractivity contribution < 1.29 is 14.6 Å². The van der Waals surface area contributed by atoms with Gasteiger partial charge in [0.05, 0.1) is 26.6 Å². The Morgan fingerprint density at radius 2 is 2.00 bits per heavy atom. The first-order chi connectivity index (χ1) is 9.49. The number of carbonyl (C=O) groups is 1. The van der Waals surface area contributed by atoms with Crippen LogP contribution in [0.15, 0.2) is 12.1 Å². The maximum Gasteiger partial charge on any atom is 0.276 e. The number of nitro benzene ring substituents is 1. The Balaban J connectivity index is 2.13. The summed E-state index contributed by atoms with van der Waals surface area (Å²) in [5, 5.41) is 10.7. The van der Waals surface area contributed by atoms with Gasteiger partial charge in [0.2, 0.25) is 0 Å². The average molecular weight is 319 g/mol. The molecule has 0 aliphatic heterocycles. The number of non-ortho nitro benzene ring substituents is 1. The van der Waals surface area contributed by atoms with Crippen LogP contribution in [0, 0.1) is 10.1 Å². The molecule has 1 aromatic carbocycles. The Morgan fingerprint density at radius 3 is 2.60 bits per heavy atom. The molecule has 1 fully saturated rings. The van der Waals surface area contributed by atoms with Crippen molar-refractivity contribution in [2.75, 3.05) is 0 Å². The SMILES string of the molecule is O=C(NOC1CCCC1)c1cc([N+](=O)[O-])cc(Cl)c1Cl. The van der Waals surface area contributed by atoms with Crippen molar-refractivity contribution in [1.29, 1.82) is 0 Å². The first-order valence-corrected chi connectivity index (χ1v) is 6.84. The van der Waals surface area contributed by atoms with Crippen LogP contribution in [-0.4, -0.2) is 16.9 Å². The van der Waals surface area contributed by atoms with E-state index in [1.165, 1.54) is 0 Å². The molecule has 0 aromatic heterocycles. The number of nitrogens with zero attached hydrogens (tertiary/aromatic N) is 1. The normalized spacial score (nSPS) is 15.3. The van der Waals surface area contributed by atoms with Crippen molar-refractivity contribution in [3.63, 3.8) is 0 Å². The molecule has 8 heteroatoms. The first-order valence-electron chi connectivity index (χ1n) is 6.08. The van der Waals surface area contributed by atoms with E-state index < -0.39 is 10.8 Å². The number of benzene rings is 1. The molecule has 1 amide bonds. The van der Waals surface area contributed by atoms with Crippen LogP contribution < -0.4 is 5.48 Å². The van der Waals surface area contributed by atoms with Gasteiger partial charge in [-0.3, -0.25) is 19.7 Å². The molecule has 1 aliphatic carbocycles. The summed E-state index contributed by atoms with van der Waals surface area (Å²) in [6.45, 7) is 0. The van der Waals surface area contributed by atoms with Crippen molar-refractivity contribution in [2.45, 2.75) is 31.8 Å². The quantitative estimate of drug-likeness (QED) is 0.680. The molecule has 6 nitrogen and oxygen atoms in total. The summed E-state index contributed by atoms with van der Waals surface area (Å²) in [6, 6.07) is 2.17. The summed E-state index contributed by atoms with van der Waals surface area (Å²) in [5.74, 6) is -0.646. The van der Waals surface area contributed by atoms with Crippen LogP contribution in [0.5, 0.6) is 0 Å². The van der Waals surface area contributed by atoms with Gasteiger partial charge in [-0.05, 0) is 12.8 Å². The number of hydroxylamine groups is 1. The molecule has 0 radical (unpaired) electrons. The molecule has 0 saturated heterocycles. The van der Waals surface area contributed by atoms with Gasteiger partial charge in [-0.2, -0.15) is 0 Å². The minimum atomic E-state index is -0.646. The molecule has 20 heavy (non-hydrogen) atoms. The van der Waals surface area contributed by atoms with Crippen LogP contribution in [0.1, 0.15) is 36.0 Å². The van der Waals surface area contributed by atoms with Crippen LogP contribution >= 0.6 is 23.2 Å². The highest BCUT2D eigenvalue weighted by Crippen LogP contribution is 2.31. The number of nitro groups is 1. The van der Waals surface area contributed by atoms with Gasteiger partial charge < -0.3 is 0 Å². The largest absolute Gasteiger partial charge is 0.276 e. The molecular formula is C12H12Cl2N2O4. The van der Waals surface area contributed by atoms with Crippen LogP contribution in [0.2, 0.25) is 10.0 Å². The summed E-state index contributed by atoms with van der Waals surface area (Å²) in [4.78, 5) is 27.3. The topological polar surface area (TPSA) is 81.5 Å². The lowest BCUT2D eigenvalue weighted by Crippen LogP contribution is -2.28. The number of hydrogen-bond acceptors (Lipinski definition) is 4. The van der Waals surface area contributed by atoms with E-state index in [0.717, 1.165) is 37.8 Å². The van der Waals surface area contributed by atoms with Crippen molar-refractivity contribution >= 4 is 34.8 Å². The molecule has 2 rings (SSSR count). The predicted molar refractivity (Wildman–Crippen MR) is 73.9 cm³/mol. The Kier molecular flexibility index (Phi) is 4.80. The minimum absolute atomic E-state index is 0.0214. The molecule has 1 aliphatic rings. The van der Waals surface area contributed by atoms with E-state index in [9.17, 15) is 14.9 Å². The smallest absolute Gasteiger partial charge is 0.270 e. The molecule has 0 bridgehead atoms. The summed E-state index contributed by atoms with van der Waals surface area (Å²) >= 11 is 11.7. The number of rotatable bonds is 4. The van der Waals surface area contributed by atoms with E-state index in [2.05, 4.69) is 5.48 Å². The van der Waals surface area contributed by atoms with Crippen LogP contribution in [-0.2, 0) is 4.84 Å². The highest BCUT2D eigenvalue weighted by molar-refractivity contribution is 6.44. The third-order valence-electron chi connectivity index (χ3n) is 3.09. The summed E-state index contributed by atoms with van der Waals surface area (Å²) in [6.07, 6.45) is 3.85. The lowest BCUT2D eigenvalue weighted by Gasteiger charge is -2.12. The monoisotopic (exact) mass is 318 g/mol. The van der Waals surface area contributed by atoms with Gasteiger partial charge in [-0.15, -0.1) is 0 Å². The van der Waals surface area contributed by atoms with Gasteiger partial charge in [-0.25, -0.2) is 5.48 Å². The number of hydrogen-bond donors (Lipinski definition) is 1. The number of halogens is 2. The van der Waals surface area contributed by atoms with E-state index >= 15 is 0 Å². The first kappa shape index (κ1) is 15.0. The van der Waals surface area contributed by atoms with Gasteiger partial charge in [-0.1, -0.05) is 36.0 Å². The lowest BCUT2D eigenvalue weighted by atomic mass is 10.2. The zero-order chi connectivity index (χ0) is 14.7. The fraction of sp³-hybridized carbons (Fsp3) is 0.417. The van der Waals surface area contributed by atoms with E-state index in [0.29, 0.717) is 0 Å². The highest BCUT2D eigenvalue weighted by Gasteiger charge is 2.21. The maximum atomic E-state index is 11.9. The van der Waals surface area contributed by atoms with Crippen molar-refractivity contribution in [3.05, 3.63) is 37.9 Å². The molecule has 1 aromatic rings. The van der Waals surface area contributed by atoms with Crippen LogP contribution in [0.25, 0.3) is 0 Å². The fourth-order valence-electron chi connectivity index (χ4n) is 2.04. The van der Waals surface area contributed by atoms with Gasteiger partial charge >= 0.3 is 0 Å². The zero-order valence-corrected chi connectivity index (χ0v) is 11.9. The molecular weight excluding hydrogens is 307 g/mol. The molecule has 0 atom stereocenters. The summed E-state index contributed by atoms with van der Waals surface area (Å²) in [7, 11) is 0. The zero-order valence-electron chi connectivity index (χ0n) is 10.4. The van der Waals surface area contributed by atoms with Crippen molar-refractivity contribution in [1.82, 2.24) is 5.48 Å². The van der Waals surface area contributed by atoms with Crippen molar-refractivity contribution in [2.24, 2.45) is 0 Å². The fourth-order valence-corrected chi connectivity index (χ4v) is 2.45. The van der Waals surface area contributed by atoms with E-state index in [1.807, 2.05) is 0 Å². The Morgan fingerprint density at radius 1 is 1.35 bits per heavy atom. The van der Waals surface area contributed by atoms with Gasteiger partial charge in [0.15, 0.2) is 0 Å². The minimum Gasteiger partial charge on any atom is -0.270 e.